The number of hydrogen-bond acceptors (Lipinski definition) is 2. The molecule has 0 amide bonds. The second-order valence-corrected chi connectivity index (χ2v) is 6.42. The van der Waals surface area contributed by atoms with E-state index >= 15 is 0 Å². The first-order valence-electron chi connectivity index (χ1n) is 8.19. The van der Waals surface area contributed by atoms with Crippen LogP contribution in [0.5, 0.6) is 0 Å². The van der Waals surface area contributed by atoms with Crippen LogP contribution in [0.3, 0.4) is 0 Å². The van der Waals surface area contributed by atoms with Crippen LogP contribution in [0.1, 0.15) is 50.0 Å². The van der Waals surface area contributed by atoms with E-state index in [-0.39, 0.29) is 0 Å². The molecule has 0 aliphatic heterocycles. The molecule has 112 valence electrons. The van der Waals surface area contributed by atoms with Crippen LogP contribution in [0.4, 0.5) is 0 Å². The van der Waals surface area contributed by atoms with Crippen molar-refractivity contribution < 1.29 is 0 Å². The van der Waals surface area contributed by atoms with Crippen molar-refractivity contribution in [3.05, 3.63) is 35.9 Å². The normalized spacial score (nSPS) is 23.1. The monoisotopic (exact) mass is 274 g/mol. The first-order chi connectivity index (χ1) is 9.75. The van der Waals surface area contributed by atoms with Crippen molar-refractivity contribution in [2.45, 2.75) is 50.5 Å². The maximum atomic E-state index is 3.75. The maximum Gasteiger partial charge on any atom is 0.00674 e. The van der Waals surface area contributed by atoms with E-state index in [1.54, 1.807) is 0 Å². The first-order valence-corrected chi connectivity index (χ1v) is 8.19. The van der Waals surface area contributed by atoms with Crippen molar-refractivity contribution in [1.29, 1.82) is 0 Å². The van der Waals surface area contributed by atoms with Gasteiger partial charge in [0.15, 0.2) is 0 Å². The molecule has 0 heterocycles. The minimum Gasteiger partial charge on any atom is -0.314 e. The second kappa shape index (κ2) is 8.43. The van der Waals surface area contributed by atoms with E-state index in [4.69, 9.17) is 0 Å². The van der Waals surface area contributed by atoms with Crippen LogP contribution < -0.4 is 5.32 Å². The third kappa shape index (κ3) is 5.26. The third-order valence-corrected chi connectivity index (χ3v) is 4.46. The van der Waals surface area contributed by atoms with Gasteiger partial charge < -0.3 is 10.2 Å². The maximum absolute atomic E-state index is 3.75. The van der Waals surface area contributed by atoms with Gasteiger partial charge in [0.05, 0.1) is 0 Å². The van der Waals surface area contributed by atoms with Crippen LogP contribution in [-0.4, -0.2) is 38.1 Å². The molecule has 1 N–H and O–H groups in total. The average Bonchev–Trinajstić information content (AvgIpc) is 2.48. The van der Waals surface area contributed by atoms with Gasteiger partial charge in [0, 0.05) is 6.04 Å². The second-order valence-electron chi connectivity index (χ2n) is 6.42. The summed E-state index contributed by atoms with van der Waals surface area (Å²) in [4.78, 5) is 2.27. The van der Waals surface area contributed by atoms with Gasteiger partial charge in [0.2, 0.25) is 0 Å². The van der Waals surface area contributed by atoms with Gasteiger partial charge in [-0.15, -0.1) is 0 Å². The summed E-state index contributed by atoms with van der Waals surface area (Å²) in [6.45, 7) is 2.40. The molecule has 1 aromatic carbocycles. The Morgan fingerprint density at radius 2 is 1.70 bits per heavy atom. The van der Waals surface area contributed by atoms with Crippen LogP contribution in [0.25, 0.3) is 0 Å². The Morgan fingerprint density at radius 3 is 2.35 bits per heavy atom. The minimum absolute atomic E-state index is 0.759. The lowest BCUT2D eigenvalue weighted by Gasteiger charge is -2.29. The Morgan fingerprint density at radius 1 is 1.00 bits per heavy atom. The number of nitrogens with zero attached hydrogens (tertiary/aromatic N) is 1. The Kier molecular flexibility index (Phi) is 6.55. The highest BCUT2D eigenvalue weighted by Crippen LogP contribution is 2.32. The summed E-state index contributed by atoms with van der Waals surface area (Å²) in [7, 11) is 4.30. The zero-order chi connectivity index (χ0) is 14.2. The lowest BCUT2D eigenvalue weighted by molar-refractivity contribution is 0.335. The van der Waals surface area contributed by atoms with Crippen molar-refractivity contribution in [1.82, 2.24) is 10.2 Å². The summed E-state index contributed by atoms with van der Waals surface area (Å²) in [5.74, 6) is 0.794. The number of benzene rings is 1. The van der Waals surface area contributed by atoms with E-state index < -0.39 is 0 Å². The lowest BCUT2D eigenvalue weighted by Crippen LogP contribution is -2.33. The third-order valence-electron chi connectivity index (χ3n) is 4.46. The molecule has 2 nitrogen and oxygen atoms in total. The minimum atomic E-state index is 0.759. The number of unbranched alkanes of at least 4 members (excludes halogenated alkanes) is 1. The fraction of sp³-hybridized carbons (Fsp3) is 0.667. The Labute approximate surface area is 124 Å². The number of rotatable bonds is 7. The van der Waals surface area contributed by atoms with Crippen molar-refractivity contribution in [3.8, 4) is 0 Å². The van der Waals surface area contributed by atoms with Gasteiger partial charge in [-0.2, -0.15) is 0 Å². The molecule has 20 heavy (non-hydrogen) atoms. The predicted octanol–water partition coefficient (Wildman–Crippen LogP) is 3.64. The SMILES string of the molecule is CN(C)CCCCNC1CCC(c2ccccc2)CC1. The van der Waals surface area contributed by atoms with Gasteiger partial charge in [-0.25, -0.2) is 0 Å². The molecule has 1 aliphatic carbocycles. The Bertz CT molecular complexity index is 353. The van der Waals surface area contributed by atoms with Gasteiger partial charge in [0.25, 0.3) is 0 Å². The standard InChI is InChI=1S/C18H30N2/c1-20(2)15-7-6-14-19-18-12-10-17(11-13-18)16-8-4-3-5-9-16/h3-5,8-9,17-19H,6-7,10-15H2,1-2H3. The average molecular weight is 274 g/mol. The largest absolute Gasteiger partial charge is 0.314 e. The fourth-order valence-corrected chi connectivity index (χ4v) is 3.22. The smallest absolute Gasteiger partial charge is 0.00674 e. The van der Waals surface area contributed by atoms with Gasteiger partial charge in [-0.05, 0) is 77.2 Å². The van der Waals surface area contributed by atoms with Gasteiger partial charge >= 0.3 is 0 Å². The van der Waals surface area contributed by atoms with Crippen molar-refractivity contribution in [2.75, 3.05) is 27.2 Å². The summed E-state index contributed by atoms with van der Waals surface area (Å²) in [5, 5.41) is 3.75. The van der Waals surface area contributed by atoms with E-state index in [1.807, 2.05) is 0 Å². The highest BCUT2D eigenvalue weighted by Gasteiger charge is 2.21. The Balaban J connectivity index is 1.60. The molecule has 0 unspecified atom stereocenters. The summed E-state index contributed by atoms with van der Waals surface area (Å²) in [6.07, 6.45) is 7.98. The van der Waals surface area contributed by atoms with Crippen molar-refractivity contribution >= 4 is 0 Å². The first kappa shape index (κ1) is 15.5. The van der Waals surface area contributed by atoms with Crippen LogP contribution in [0, 0.1) is 0 Å². The fourth-order valence-electron chi connectivity index (χ4n) is 3.22. The molecule has 2 heteroatoms. The van der Waals surface area contributed by atoms with Crippen molar-refractivity contribution in [2.24, 2.45) is 0 Å². The zero-order valence-electron chi connectivity index (χ0n) is 13.1. The summed E-state index contributed by atoms with van der Waals surface area (Å²) in [6, 6.07) is 11.8. The van der Waals surface area contributed by atoms with Gasteiger partial charge in [-0.3, -0.25) is 0 Å². The molecular formula is C18H30N2. The number of hydrogen-bond donors (Lipinski definition) is 1. The summed E-state index contributed by atoms with van der Waals surface area (Å²) >= 11 is 0. The van der Waals surface area contributed by atoms with E-state index in [1.165, 1.54) is 57.2 Å². The molecule has 2 rings (SSSR count). The van der Waals surface area contributed by atoms with E-state index in [0.717, 1.165) is 12.0 Å². The highest BCUT2D eigenvalue weighted by atomic mass is 15.0. The van der Waals surface area contributed by atoms with Crippen LogP contribution >= 0.6 is 0 Å². The molecule has 1 saturated carbocycles. The highest BCUT2D eigenvalue weighted by molar-refractivity contribution is 5.20. The topological polar surface area (TPSA) is 15.3 Å². The number of nitrogens with one attached hydrogen (secondary N) is 1. The van der Waals surface area contributed by atoms with Crippen molar-refractivity contribution in [3.63, 3.8) is 0 Å². The molecular weight excluding hydrogens is 244 g/mol. The van der Waals surface area contributed by atoms with Crippen LogP contribution in [-0.2, 0) is 0 Å². The van der Waals surface area contributed by atoms with Gasteiger partial charge in [0.1, 0.15) is 0 Å². The van der Waals surface area contributed by atoms with Gasteiger partial charge in [-0.1, -0.05) is 30.3 Å². The molecule has 1 fully saturated rings. The molecule has 0 radical (unpaired) electrons. The van der Waals surface area contributed by atoms with Crippen LogP contribution in [0.15, 0.2) is 30.3 Å². The molecule has 0 spiro atoms. The zero-order valence-corrected chi connectivity index (χ0v) is 13.1. The van der Waals surface area contributed by atoms with Crippen LogP contribution in [0.2, 0.25) is 0 Å². The van der Waals surface area contributed by atoms with E-state index in [9.17, 15) is 0 Å². The molecule has 0 bridgehead atoms. The lowest BCUT2D eigenvalue weighted by atomic mass is 9.82. The molecule has 1 aromatic rings. The molecule has 0 aromatic heterocycles. The summed E-state index contributed by atoms with van der Waals surface area (Å²) in [5.41, 5.74) is 1.54. The van der Waals surface area contributed by atoms with E-state index in [2.05, 4.69) is 54.6 Å². The van der Waals surface area contributed by atoms with E-state index in [0.29, 0.717) is 0 Å². The molecule has 1 aliphatic rings. The Hall–Kier alpha value is -0.860. The molecule has 0 saturated heterocycles. The molecule has 0 atom stereocenters. The predicted molar refractivity (Wildman–Crippen MR) is 87.2 cm³/mol. The summed E-state index contributed by atoms with van der Waals surface area (Å²) < 4.78 is 0. The quantitative estimate of drug-likeness (QED) is 0.764.